The van der Waals surface area contributed by atoms with Gasteiger partial charge in [-0.05, 0) is 36.8 Å². The summed E-state index contributed by atoms with van der Waals surface area (Å²) < 4.78 is 0. The third-order valence-electron chi connectivity index (χ3n) is 4.45. The standard InChI is InChI=1S/C18H27N3O3/c1-12-9-13(2)16(18(3,4)10-12)21(24)15-6-5-14(11-20-15)17(23)19-7-8-22/h5-6,9,11-12,16,22,24H,7-8,10H2,1-4H3,(H,19,23). The summed E-state index contributed by atoms with van der Waals surface area (Å²) in [6.07, 6.45) is 4.60. The van der Waals surface area contributed by atoms with Crippen LogP contribution in [0, 0.1) is 11.3 Å². The van der Waals surface area contributed by atoms with Gasteiger partial charge >= 0.3 is 0 Å². The van der Waals surface area contributed by atoms with Gasteiger partial charge in [-0.1, -0.05) is 32.4 Å². The van der Waals surface area contributed by atoms with E-state index < -0.39 is 0 Å². The number of hydroxylamine groups is 1. The molecule has 0 saturated heterocycles. The summed E-state index contributed by atoms with van der Waals surface area (Å²) in [7, 11) is 0. The number of anilines is 1. The first-order valence-corrected chi connectivity index (χ1v) is 8.28. The molecule has 6 heteroatoms. The molecule has 3 N–H and O–H groups in total. The van der Waals surface area contributed by atoms with Crippen LogP contribution in [0.25, 0.3) is 0 Å². The molecule has 0 saturated carbocycles. The summed E-state index contributed by atoms with van der Waals surface area (Å²) in [6.45, 7) is 8.59. The number of aliphatic hydroxyl groups is 1. The molecule has 1 aromatic rings. The Kier molecular flexibility index (Phi) is 5.62. The number of aliphatic hydroxyl groups excluding tert-OH is 1. The van der Waals surface area contributed by atoms with E-state index in [1.807, 2.05) is 6.92 Å². The first kappa shape index (κ1) is 18.4. The highest BCUT2D eigenvalue weighted by Crippen LogP contribution is 2.41. The number of allylic oxidation sites excluding steroid dienone is 1. The van der Waals surface area contributed by atoms with Crippen molar-refractivity contribution in [1.82, 2.24) is 10.3 Å². The average molecular weight is 333 g/mol. The molecule has 1 aliphatic carbocycles. The molecular formula is C18H27N3O3. The zero-order valence-electron chi connectivity index (χ0n) is 14.8. The Labute approximate surface area is 143 Å². The van der Waals surface area contributed by atoms with Crippen molar-refractivity contribution in [1.29, 1.82) is 0 Å². The fraction of sp³-hybridized carbons (Fsp3) is 0.556. The topological polar surface area (TPSA) is 85.7 Å². The lowest BCUT2D eigenvalue weighted by Crippen LogP contribution is -2.47. The molecule has 1 aromatic heterocycles. The smallest absolute Gasteiger partial charge is 0.252 e. The zero-order chi connectivity index (χ0) is 17.9. The molecule has 1 amide bonds. The van der Waals surface area contributed by atoms with E-state index in [2.05, 4.69) is 37.1 Å². The lowest BCUT2D eigenvalue weighted by Gasteiger charge is -2.44. The van der Waals surface area contributed by atoms with Gasteiger partial charge in [0.2, 0.25) is 0 Å². The highest BCUT2D eigenvalue weighted by molar-refractivity contribution is 5.94. The van der Waals surface area contributed by atoms with E-state index in [1.54, 1.807) is 12.1 Å². The predicted molar refractivity (Wildman–Crippen MR) is 93.0 cm³/mol. The van der Waals surface area contributed by atoms with Gasteiger partial charge in [-0.25, -0.2) is 10.0 Å². The predicted octanol–water partition coefficient (Wildman–Crippen LogP) is 2.38. The van der Waals surface area contributed by atoms with Gasteiger partial charge in [-0.15, -0.1) is 0 Å². The Hall–Kier alpha value is -1.92. The summed E-state index contributed by atoms with van der Waals surface area (Å²) in [5.41, 5.74) is 1.42. The maximum atomic E-state index is 11.8. The van der Waals surface area contributed by atoms with E-state index in [4.69, 9.17) is 5.11 Å². The van der Waals surface area contributed by atoms with Crippen molar-refractivity contribution in [2.45, 2.75) is 40.2 Å². The minimum atomic E-state index is -0.296. The molecule has 0 aliphatic heterocycles. The Balaban J connectivity index is 2.19. The average Bonchev–Trinajstić information content (AvgIpc) is 2.50. The van der Waals surface area contributed by atoms with Gasteiger partial charge < -0.3 is 10.4 Å². The summed E-state index contributed by atoms with van der Waals surface area (Å²) in [5, 5.41) is 23.2. The van der Waals surface area contributed by atoms with E-state index in [1.165, 1.54) is 11.3 Å². The SMILES string of the molecule is CC1=CC(C)CC(C)(C)C1N(O)c1ccc(C(=O)NCCO)cn1. The third kappa shape index (κ3) is 3.94. The Bertz CT molecular complexity index is 610. The van der Waals surface area contributed by atoms with Crippen molar-refractivity contribution in [2.75, 3.05) is 18.2 Å². The molecule has 0 radical (unpaired) electrons. The van der Waals surface area contributed by atoms with Gasteiger partial charge in [0, 0.05) is 12.7 Å². The lowest BCUT2D eigenvalue weighted by molar-refractivity contribution is 0.0944. The Morgan fingerprint density at radius 1 is 1.46 bits per heavy atom. The quantitative estimate of drug-likeness (QED) is 0.569. The van der Waals surface area contributed by atoms with Crippen LogP contribution >= 0.6 is 0 Å². The van der Waals surface area contributed by atoms with Crippen molar-refractivity contribution >= 4 is 11.7 Å². The minimum Gasteiger partial charge on any atom is -0.395 e. The maximum absolute atomic E-state index is 11.8. The number of nitrogens with one attached hydrogen (secondary N) is 1. The molecule has 6 nitrogen and oxygen atoms in total. The van der Waals surface area contributed by atoms with Crippen LogP contribution in [0.5, 0.6) is 0 Å². The van der Waals surface area contributed by atoms with Gasteiger partial charge in [0.15, 0.2) is 5.82 Å². The van der Waals surface area contributed by atoms with Gasteiger partial charge in [-0.3, -0.25) is 10.0 Å². The van der Waals surface area contributed by atoms with Crippen LogP contribution in [0.2, 0.25) is 0 Å². The van der Waals surface area contributed by atoms with Crippen molar-refractivity contribution in [3.8, 4) is 0 Å². The normalized spacial score (nSPS) is 22.7. The Morgan fingerprint density at radius 3 is 2.71 bits per heavy atom. The van der Waals surface area contributed by atoms with Crippen LogP contribution in [0.15, 0.2) is 30.0 Å². The molecule has 1 aliphatic rings. The molecule has 2 rings (SSSR count). The summed E-state index contributed by atoms with van der Waals surface area (Å²) in [6, 6.07) is 3.10. The van der Waals surface area contributed by atoms with Crippen LogP contribution in [-0.4, -0.2) is 40.4 Å². The lowest BCUT2D eigenvalue weighted by atomic mass is 9.69. The fourth-order valence-electron chi connectivity index (χ4n) is 3.74. The van der Waals surface area contributed by atoms with Crippen LogP contribution < -0.4 is 10.4 Å². The molecule has 0 spiro atoms. The van der Waals surface area contributed by atoms with Crippen LogP contribution in [-0.2, 0) is 0 Å². The number of nitrogens with zero attached hydrogens (tertiary/aromatic N) is 2. The number of hydrogen-bond donors (Lipinski definition) is 3. The zero-order valence-corrected chi connectivity index (χ0v) is 14.8. The molecule has 0 aromatic carbocycles. The van der Waals surface area contributed by atoms with Gasteiger partial charge in [-0.2, -0.15) is 0 Å². The molecule has 2 unspecified atom stereocenters. The first-order valence-electron chi connectivity index (χ1n) is 8.28. The van der Waals surface area contributed by atoms with Crippen molar-refractivity contribution in [3.63, 3.8) is 0 Å². The number of carbonyl (C=O) groups is 1. The largest absolute Gasteiger partial charge is 0.395 e. The number of aromatic nitrogens is 1. The third-order valence-corrected chi connectivity index (χ3v) is 4.45. The second-order valence-corrected chi connectivity index (χ2v) is 7.21. The summed E-state index contributed by atoms with van der Waals surface area (Å²) >= 11 is 0. The van der Waals surface area contributed by atoms with Crippen LogP contribution in [0.3, 0.4) is 0 Å². The van der Waals surface area contributed by atoms with Crippen LogP contribution in [0.1, 0.15) is 44.5 Å². The molecule has 132 valence electrons. The maximum Gasteiger partial charge on any atom is 0.252 e. The van der Waals surface area contributed by atoms with Gasteiger partial charge in [0.05, 0.1) is 18.2 Å². The number of carbonyl (C=O) groups excluding carboxylic acids is 1. The van der Waals surface area contributed by atoms with Crippen LogP contribution in [0.4, 0.5) is 5.82 Å². The number of hydrogen-bond acceptors (Lipinski definition) is 5. The summed E-state index contributed by atoms with van der Waals surface area (Å²) in [4.78, 5) is 16.1. The molecule has 0 fully saturated rings. The first-order chi connectivity index (χ1) is 11.3. The van der Waals surface area contributed by atoms with E-state index in [-0.39, 0.29) is 30.5 Å². The molecule has 24 heavy (non-hydrogen) atoms. The highest BCUT2D eigenvalue weighted by Gasteiger charge is 2.39. The fourth-order valence-corrected chi connectivity index (χ4v) is 3.74. The molecule has 2 atom stereocenters. The van der Waals surface area contributed by atoms with Crippen molar-refractivity contribution in [2.24, 2.45) is 11.3 Å². The van der Waals surface area contributed by atoms with E-state index in [0.717, 1.165) is 12.0 Å². The van der Waals surface area contributed by atoms with Crippen molar-refractivity contribution in [3.05, 3.63) is 35.5 Å². The number of pyridine rings is 1. The van der Waals surface area contributed by atoms with E-state index in [0.29, 0.717) is 17.3 Å². The van der Waals surface area contributed by atoms with Crippen molar-refractivity contribution < 1.29 is 15.1 Å². The van der Waals surface area contributed by atoms with E-state index >= 15 is 0 Å². The number of rotatable bonds is 5. The number of amides is 1. The van der Waals surface area contributed by atoms with Gasteiger partial charge in [0.25, 0.3) is 5.91 Å². The molecule has 0 bridgehead atoms. The second kappa shape index (κ2) is 7.32. The second-order valence-electron chi connectivity index (χ2n) is 7.21. The highest BCUT2D eigenvalue weighted by atomic mass is 16.5. The Morgan fingerprint density at radius 2 is 2.17 bits per heavy atom. The molecular weight excluding hydrogens is 306 g/mol. The van der Waals surface area contributed by atoms with E-state index in [9.17, 15) is 10.0 Å². The van der Waals surface area contributed by atoms with Gasteiger partial charge in [0.1, 0.15) is 0 Å². The summed E-state index contributed by atoms with van der Waals surface area (Å²) in [5.74, 6) is 0.597. The monoisotopic (exact) mass is 333 g/mol. The minimum absolute atomic E-state index is 0.0914. The molecule has 1 heterocycles.